The van der Waals surface area contributed by atoms with Crippen molar-refractivity contribution >= 4 is 5.91 Å². The van der Waals surface area contributed by atoms with E-state index < -0.39 is 6.04 Å². The summed E-state index contributed by atoms with van der Waals surface area (Å²) in [4.78, 5) is 11.4. The number of hydrogen-bond donors (Lipinski definition) is 2. The number of ether oxygens (including phenoxy) is 1. The van der Waals surface area contributed by atoms with Gasteiger partial charge in [0.1, 0.15) is 0 Å². The van der Waals surface area contributed by atoms with Crippen molar-refractivity contribution < 1.29 is 9.53 Å². The lowest BCUT2D eigenvalue weighted by atomic mass is 10.0. The predicted molar refractivity (Wildman–Crippen MR) is 50.3 cm³/mol. The first kappa shape index (κ1) is 10.5. The lowest BCUT2D eigenvalue weighted by Gasteiger charge is -2.25. The molecule has 3 N–H and O–H groups in total. The molecule has 0 aromatic rings. The Morgan fingerprint density at radius 3 is 2.92 bits per heavy atom. The molecule has 1 aliphatic heterocycles. The third kappa shape index (κ3) is 2.67. The van der Waals surface area contributed by atoms with Crippen LogP contribution >= 0.6 is 0 Å². The fourth-order valence-electron chi connectivity index (χ4n) is 1.34. The minimum Gasteiger partial charge on any atom is -0.379 e. The number of rotatable bonds is 3. The first-order valence-corrected chi connectivity index (χ1v) is 4.73. The van der Waals surface area contributed by atoms with E-state index in [4.69, 9.17) is 10.5 Å². The second-order valence-electron chi connectivity index (χ2n) is 3.87. The average molecular weight is 186 g/mol. The Morgan fingerprint density at radius 1 is 1.77 bits per heavy atom. The van der Waals surface area contributed by atoms with Crippen LogP contribution in [-0.4, -0.2) is 30.7 Å². The molecule has 1 fully saturated rings. The van der Waals surface area contributed by atoms with Crippen molar-refractivity contribution in [1.82, 2.24) is 5.32 Å². The van der Waals surface area contributed by atoms with E-state index in [0.717, 1.165) is 13.0 Å². The Balaban J connectivity index is 2.43. The molecule has 1 aliphatic rings. The van der Waals surface area contributed by atoms with Crippen molar-refractivity contribution in [2.45, 2.75) is 38.3 Å². The zero-order valence-electron chi connectivity index (χ0n) is 8.30. The highest BCUT2D eigenvalue weighted by molar-refractivity contribution is 5.82. The van der Waals surface area contributed by atoms with E-state index in [-0.39, 0.29) is 11.4 Å². The Bertz CT molecular complexity index is 188. The molecular weight excluding hydrogens is 168 g/mol. The van der Waals surface area contributed by atoms with Gasteiger partial charge in [0.15, 0.2) is 0 Å². The Hall–Kier alpha value is -0.610. The van der Waals surface area contributed by atoms with Gasteiger partial charge >= 0.3 is 0 Å². The SMILES string of the molecule is CC[C@H](N)C(=O)NC1(C)CCOC1. The second-order valence-corrected chi connectivity index (χ2v) is 3.87. The van der Waals surface area contributed by atoms with E-state index >= 15 is 0 Å². The summed E-state index contributed by atoms with van der Waals surface area (Å²) in [5, 5.41) is 2.92. The van der Waals surface area contributed by atoms with Crippen molar-refractivity contribution in [2.75, 3.05) is 13.2 Å². The summed E-state index contributed by atoms with van der Waals surface area (Å²) in [7, 11) is 0. The van der Waals surface area contributed by atoms with Crippen LogP contribution < -0.4 is 11.1 Å². The molecule has 4 nitrogen and oxygen atoms in total. The molecule has 1 amide bonds. The first-order valence-electron chi connectivity index (χ1n) is 4.73. The number of nitrogens with one attached hydrogen (secondary N) is 1. The molecule has 1 saturated heterocycles. The highest BCUT2D eigenvalue weighted by Gasteiger charge is 2.32. The van der Waals surface area contributed by atoms with Crippen LogP contribution in [0.25, 0.3) is 0 Å². The number of carbonyl (C=O) groups is 1. The monoisotopic (exact) mass is 186 g/mol. The van der Waals surface area contributed by atoms with E-state index in [1.807, 2.05) is 13.8 Å². The Morgan fingerprint density at radius 2 is 2.46 bits per heavy atom. The van der Waals surface area contributed by atoms with Gasteiger partial charge in [0, 0.05) is 6.61 Å². The van der Waals surface area contributed by atoms with Gasteiger partial charge in [0.2, 0.25) is 5.91 Å². The molecular formula is C9H18N2O2. The third-order valence-corrected chi connectivity index (χ3v) is 2.42. The quantitative estimate of drug-likeness (QED) is 0.653. The van der Waals surface area contributed by atoms with Crippen LogP contribution in [0.3, 0.4) is 0 Å². The second kappa shape index (κ2) is 4.07. The predicted octanol–water partition coefficient (Wildman–Crippen LogP) is 0.0189. The van der Waals surface area contributed by atoms with E-state index in [1.165, 1.54) is 0 Å². The molecule has 2 atom stereocenters. The van der Waals surface area contributed by atoms with Crippen LogP contribution in [0.2, 0.25) is 0 Å². The van der Waals surface area contributed by atoms with Crippen LogP contribution in [0, 0.1) is 0 Å². The zero-order valence-corrected chi connectivity index (χ0v) is 8.30. The number of carbonyl (C=O) groups excluding carboxylic acids is 1. The fourth-order valence-corrected chi connectivity index (χ4v) is 1.34. The smallest absolute Gasteiger partial charge is 0.237 e. The van der Waals surface area contributed by atoms with E-state index in [1.54, 1.807) is 0 Å². The maximum Gasteiger partial charge on any atom is 0.237 e. The summed E-state index contributed by atoms with van der Waals surface area (Å²) in [5.74, 6) is -0.0736. The van der Waals surface area contributed by atoms with E-state index in [0.29, 0.717) is 13.0 Å². The molecule has 76 valence electrons. The van der Waals surface area contributed by atoms with Crippen LogP contribution in [0.5, 0.6) is 0 Å². The molecule has 0 aromatic heterocycles. The standard InChI is InChI=1S/C9H18N2O2/c1-3-7(10)8(12)11-9(2)4-5-13-6-9/h7H,3-6,10H2,1-2H3,(H,11,12)/t7-,9?/m0/s1. The van der Waals surface area contributed by atoms with Gasteiger partial charge in [-0.05, 0) is 19.8 Å². The Labute approximate surface area is 78.8 Å². The van der Waals surface area contributed by atoms with Gasteiger partial charge in [-0.15, -0.1) is 0 Å². The van der Waals surface area contributed by atoms with Crippen LogP contribution in [-0.2, 0) is 9.53 Å². The van der Waals surface area contributed by atoms with Gasteiger partial charge in [0.05, 0.1) is 18.2 Å². The fraction of sp³-hybridized carbons (Fsp3) is 0.889. The van der Waals surface area contributed by atoms with Crippen molar-refractivity contribution in [3.63, 3.8) is 0 Å². The number of hydrogen-bond acceptors (Lipinski definition) is 3. The topological polar surface area (TPSA) is 64.4 Å². The molecule has 0 bridgehead atoms. The molecule has 13 heavy (non-hydrogen) atoms. The van der Waals surface area contributed by atoms with Crippen molar-refractivity contribution in [3.8, 4) is 0 Å². The molecule has 4 heteroatoms. The molecule has 0 aliphatic carbocycles. The zero-order chi connectivity index (χ0) is 9.90. The Kier molecular flexibility index (Phi) is 3.27. The molecule has 1 rings (SSSR count). The first-order chi connectivity index (χ1) is 6.07. The van der Waals surface area contributed by atoms with Crippen LogP contribution in [0.15, 0.2) is 0 Å². The molecule has 0 aromatic carbocycles. The summed E-state index contributed by atoms with van der Waals surface area (Å²) in [6.07, 6.45) is 1.54. The summed E-state index contributed by atoms with van der Waals surface area (Å²) >= 11 is 0. The van der Waals surface area contributed by atoms with Crippen molar-refractivity contribution in [1.29, 1.82) is 0 Å². The van der Waals surface area contributed by atoms with Gasteiger partial charge in [-0.25, -0.2) is 0 Å². The van der Waals surface area contributed by atoms with Gasteiger partial charge < -0.3 is 15.8 Å². The number of nitrogens with two attached hydrogens (primary N) is 1. The summed E-state index contributed by atoms with van der Waals surface area (Å²) in [6.45, 7) is 5.20. The van der Waals surface area contributed by atoms with E-state index in [9.17, 15) is 4.79 Å². The normalized spacial score (nSPS) is 30.1. The van der Waals surface area contributed by atoms with Crippen molar-refractivity contribution in [2.24, 2.45) is 5.73 Å². The number of amides is 1. The summed E-state index contributed by atoms with van der Waals surface area (Å²) in [6, 6.07) is -0.391. The van der Waals surface area contributed by atoms with Gasteiger partial charge in [-0.3, -0.25) is 4.79 Å². The van der Waals surface area contributed by atoms with Gasteiger partial charge in [-0.1, -0.05) is 6.92 Å². The molecule has 0 saturated carbocycles. The highest BCUT2D eigenvalue weighted by atomic mass is 16.5. The minimum absolute atomic E-state index is 0.0736. The highest BCUT2D eigenvalue weighted by Crippen LogP contribution is 2.17. The minimum atomic E-state index is -0.391. The third-order valence-electron chi connectivity index (χ3n) is 2.42. The van der Waals surface area contributed by atoms with Gasteiger partial charge in [0.25, 0.3) is 0 Å². The maximum absolute atomic E-state index is 11.4. The average Bonchev–Trinajstić information content (AvgIpc) is 2.50. The maximum atomic E-state index is 11.4. The summed E-state index contributed by atoms with van der Waals surface area (Å²) < 4.78 is 5.22. The van der Waals surface area contributed by atoms with Crippen LogP contribution in [0.1, 0.15) is 26.7 Å². The van der Waals surface area contributed by atoms with Gasteiger partial charge in [-0.2, -0.15) is 0 Å². The largest absolute Gasteiger partial charge is 0.379 e. The summed E-state index contributed by atoms with van der Waals surface area (Å²) in [5.41, 5.74) is 5.40. The lowest BCUT2D eigenvalue weighted by molar-refractivity contribution is -0.124. The molecule has 0 spiro atoms. The lowest BCUT2D eigenvalue weighted by Crippen LogP contribution is -2.52. The van der Waals surface area contributed by atoms with E-state index in [2.05, 4.69) is 5.32 Å². The molecule has 0 radical (unpaired) electrons. The van der Waals surface area contributed by atoms with Crippen LogP contribution in [0.4, 0.5) is 0 Å². The molecule has 1 unspecified atom stereocenters. The van der Waals surface area contributed by atoms with Crippen molar-refractivity contribution in [3.05, 3.63) is 0 Å². The molecule has 1 heterocycles.